The van der Waals surface area contributed by atoms with E-state index in [0.717, 1.165) is 52.3 Å². The molecule has 0 radical (unpaired) electrons. The van der Waals surface area contributed by atoms with E-state index >= 15 is 0 Å². The third-order valence-corrected chi connectivity index (χ3v) is 9.00. The zero-order valence-corrected chi connectivity index (χ0v) is 27.8. The van der Waals surface area contributed by atoms with Crippen LogP contribution in [0.25, 0.3) is 0 Å². The minimum Gasteiger partial charge on any atom is -0.434 e. The largest absolute Gasteiger partial charge is 0.434 e. The van der Waals surface area contributed by atoms with Crippen molar-refractivity contribution in [3.05, 3.63) is 35.9 Å². The van der Waals surface area contributed by atoms with Gasteiger partial charge in [0.25, 0.3) is 11.8 Å². The van der Waals surface area contributed by atoms with Crippen LogP contribution in [-0.2, 0) is 4.74 Å². The summed E-state index contributed by atoms with van der Waals surface area (Å²) in [5.41, 5.74) is 0.374. The van der Waals surface area contributed by atoms with Crippen LogP contribution in [0.3, 0.4) is 0 Å². The van der Waals surface area contributed by atoms with Gasteiger partial charge in [0.05, 0.1) is 12.2 Å². The van der Waals surface area contributed by atoms with Crippen LogP contribution < -0.4 is 9.64 Å². The Balaban J connectivity index is 1.42. The molecule has 3 heterocycles. The van der Waals surface area contributed by atoms with Crippen molar-refractivity contribution < 1.29 is 18.7 Å². The number of methoxy groups -OCH3 is 1. The Kier molecular flexibility index (Phi) is 11.9. The Morgan fingerprint density at radius 3 is 2.55 bits per heavy atom. The molecule has 10 nitrogen and oxygen atoms in total. The number of halogens is 1. The van der Waals surface area contributed by atoms with Crippen molar-refractivity contribution in [2.75, 3.05) is 64.9 Å². The summed E-state index contributed by atoms with van der Waals surface area (Å²) in [6.07, 6.45) is 7.31. The van der Waals surface area contributed by atoms with Crippen LogP contribution >= 0.6 is 0 Å². The summed E-state index contributed by atoms with van der Waals surface area (Å²) in [6, 6.07) is 4.50. The minimum atomic E-state index is -0.499. The van der Waals surface area contributed by atoms with Gasteiger partial charge in [0, 0.05) is 63.4 Å². The first kappa shape index (κ1) is 34.0. The van der Waals surface area contributed by atoms with Crippen LogP contribution in [0, 0.1) is 11.2 Å². The van der Waals surface area contributed by atoms with Crippen LogP contribution in [0.15, 0.2) is 24.5 Å². The SMILES string of the molecule is CCC[C@@H](CCCN(C)CCOC)N1CC2(CCN(c3ncnnc3Oc3ccc(F)cc3C(=O)N(C(C)C)C(C)C)C2)C1. The van der Waals surface area contributed by atoms with Gasteiger partial charge >= 0.3 is 0 Å². The van der Waals surface area contributed by atoms with Crippen LogP contribution in [-0.4, -0.2) is 114 Å². The zero-order chi connectivity index (χ0) is 31.9. The molecule has 2 saturated heterocycles. The lowest BCUT2D eigenvalue weighted by Gasteiger charge is -2.52. The van der Waals surface area contributed by atoms with Crippen molar-refractivity contribution in [2.24, 2.45) is 5.41 Å². The molecule has 0 N–H and O–H groups in total. The van der Waals surface area contributed by atoms with E-state index in [2.05, 4.69) is 43.9 Å². The molecule has 44 heavy (non-hydrogen) atoms. The van der Waals surface area contributed by atoms with Gasteiger partial charge in [-0.15, -0.1) is 10.2 Å². The third kappa shape index (κ3) is 8.22. The van der Waals surface area contributed by atoms with Crippen molar-refractivity contribution in [3.63, 3.8) is 0 Å². The van der Waals surface area contributed by atoms with Gasteiger partial charge in [-0.05, 0) is 85.2 Å². The maximum absolute atomic E-state index is 14.4. The van der Waals surface area contributed by atoms with Crippen molar-refractivity contribution in [3.8, 4) is 11.6 Å². The lowest BCUT2D eigenvalue weighted by molar-refractivity contribution is -0.0229. The van der Waals surface area contributed by atoms with Crippen molar-refractivity contribution >= 4 is 11.7 Å². The number of benzene rings is 1. The fraction of sp³-hybridized carbons (Fsp3) is 0.697. The van der Waals surface area contributed by atoms with Crippen LogP contribution in [0.1, 0.15) is 77.1 Å². The molecule has 2 aliphatic heterocycles. The van der Waals surface area contributed by atoms with E-state index in [4.69, 9.17) is 9.47 Å². The molecule has 1 amide bonds. The van der Waals surface area contributed by atoms with Gasteiger partial charge in [0.15, 0.2) is 5.82 Å². The number of amides is 1. The fourth-order valence-corrected chi connectivity index (χ4v) is 6.85. The van der Waals surface area contributed by atoms with Gasteiger partial charge in [0.1, 0.15) is 17.9 Å². The maximum Gasteiger partial charge on any atom is 0.282 e. The molecule has 4 rings (SSSR count). The molecule has 2 aliphatic rings. The number of carbonyl (C=O) groups is 1. The second-order valence-electron chi connectivity index (χ2n) is 13.2. The predicted octanol–water partition coefficient (Wildman–Crippen LogP) is 5.10. The summed E-state index contributed by atoms with van der Waals surface area (Å²) < 4.78 is 25.8. The Morgan fingerprint density at radius 1 is 1.11 bits per heavy atom. The number of likely N-dealkylation sites (tertiary alicyclic amines) is 1. The van der Waals surface area contributed by atoms with Crippen molar-refractivity contribution in [1.29, 1.82) is 0 Å². The number of anilines is 1. The minimum absolute atomic E-state index is 0.0608. The zero-order valence-electron chi connectivity index (χ0n) is 27.8. The molecule has 11 heteroatoms. The molecule has 2 aromatic rings. The summed E-state index contributed by atoms with van der Waals surface area (Å²) in [5, 5.41) is 8.24. The molecule has 1 atom stereocenters. The van der Waals surface area contributed by atoms with Gasteiger partial charge in [-0.3, -0.25) is 9.69 Å². The van der Waals surface area contributed by atoms with E-state index in [-0.39, 0.29) is 40.6 Å². The number of rotatable bonds is 16. The van der Waals surface area contributed by atoms with Gasteiger partial charge < -0.3 is 24.2 Å². The fourth-order valence-electron chi connectivity index (χ4n) is 6.85. The molecule has 1 aromatic heterocycles. The standard InChI is InChI=1S/C33H52FN7O3/c1-8-10-27(11-9-15-38(6)17-18-43-7)40-21-33(22-40)14-16-39(20-33)30-31(37-36-23-35-30)44-29-13-12-26(34)19-28(29)32(42)41(24(2)3)25(4)5/h12-13,19,23-25,27H,8-11,14-18,20-22H2,1-7H3/t27-/m0/s1. The monoisotopic (exact) mass is 613 g/mol. The molecular formula is C33H52FN7O3. The van der Waals surface area contributed by atoms with Crippen LogP contribution in [0.2, 0.25) is 0 Å². The smallest absolute Gasteiger partial charge is 0.282 e. The summed E-state index contributed by atoms with van der Waals surface area (Å²) in [6.45, 7) is 16.8. The first-order chi connectivity index (χ1) is 21.1. The Bertz CT molecular complexity index is 1220. The number of aromatic nitrogens is 3. The highest BCUT2D eigenvalue weighted by Crippen LogP contribution is 2.44. The molecule has 2 fully saturated rings. The van der Waals surface area contributed by atoms with Crippen LogP contribution in [0.4, 0.5) is 10.2 Å². The molecule has 0 bridgehead atoms. The molecule has 244 valence electrons. The van der Waals surface area contributed by atoms with E-state index in [1.807, 2.05) is 27.7 Å². The number of carbonyl (C=O) groups excluding carboxylic acids is 1. The van der Waals surface area contributed by atoms with Crippen molar-refractivity contribution in [2.45, 2.75) is 84.8 Å². The summed E-state index contributed by atoms with van der Waals surface area (Å²) in [5.74, 6) is 0.280. The quantitative estimate of drug-likeness (QED) is 0.257. The molecule has 1 spiro atoms. The van der Waals surface area contributed by atoms with E-state index in [1.54, 1.807) is 12.0 Å². The van der Waals surface area contributed by atoms with E-state index in [0.29, 0.717) is 11.9 Å². The topological polar surface area (TPSA) is 87.2 Å². The second kappa shape index (κ2) is 15.4. The van der Waals surface area contributed by atoms with Gasteiger partial charge in [-0.2, -0.15) is 0 Å². The molecule has 0 saturated carbocycles. The van der Waals surface area contributed by atoms with E-state index in [1.165, 1.54) is 50.2 Å². The first-order valence-electron chi connectivity index (χ1n) is 16.2. The first-order valence-corrected chi connectivity index (χ1v) is 16.2. The molecular weight excluding hydrogens is 561 g/mol. The third-order valence-electron chi connectivity index (χ3n) is 9.00. The highest BCUT2D eigenvalue weighted by molar-refractivity contribution is 5.97. The number of hydrogen-bond donors (Lipinski definition) is 0. The predicted molar refractivity (Wildman–Crippen MR) is 171 cm³/mol. The normalized spacial score (nSPS) is 17.1. The lowest BCUT2D eigenvalue weighted by Crippen LogP contribution is -2.60. The summed E-state index contributed by atoms with van der Waals surface area (Å²) >= 11 is 0. The number of nitrogens with zero attached hydrogens (tertiary/aromatic N) is 7. The highest BCUT2D eigenvalue weighted by atomic mass is 19.1. The summed E-state index contributed by atoms with van der Waals surface area (Å²) in [4.78, 5) is 27.1. The number of hydrogen-bond acceptors (Lipinski definition) is 9. The Hall–Kier alpha value is -2.89. The molecule has 0 unspecified atom stereocenters. The average Bonchev–Trinajstić information content (AvgIpc) is 3.41. The van der Waals surface area contributed by atoms with E-state index in [9.17, 15) is 9.18 Å². The second-order valence-corrected chi connectivity index (χ2v) is 13.2. The Labute approximate surface area is 262 Å². The van der Waals surface area contributed by atoms with E-state index < -0.39 is 5.82 Å². The average molecular weight is 614 g/mol. The highest BCUT2D eigenvalue weighted by Gasteiger charge is 2.49. The molecule has 0 aliphatic carbocycles. The number of ether oxygens (including phenoxy) is 2. The van der Waals surface area contributed by atoms with Crippen LogP contribution in [0.5, 0.6) is 11.6 Å². The summed E-state index contributed by atoms with van der Waals surface area (Å²) in [7, 11) is 3.92. The Morgan fingerprint density at radius 2 is 1.86 bits per heavy atom. The maximum atomic E-state index is 14.4. The van der Waals surface area contributed by atoms with Gasteiger partial charge in [0.2, 0.25) is 0 Å². The van der Waals surface area contributed by atoms with Gasteiger partial charge in [-0.25, -0.2) is 9.37 Å². The molecule has 1 aromatic carbocycles. The lowest BCUT2D eigenvalue weighted by atomic mass is 9.77. The number of likely N-dealkylation sites (N-methyl/N-ethyl adjacent to an activating group) is 1. The van der Waals surface area contributed by atoms with Gasteiger partial charge in [-0.1, -0.05) is 13.3 Å². The van der Waals surface area contributed by atoms with Crippen molar-refractivity contribution in [1.82, 2.24) is 29.9 Å².